The van der Waals surface area contributed by atoms with Crippen LogP contribution in [0.25, 0.3) is 0 Å². The van der Waals surface area contributed by atoms with Crippen molar-refractivity contribution in [2.24, 2.45) is 5.73 Å². The molecule has 0 aliphatic heterocycles. The normalized spacial score (nSPS) is 11.0. The molecule has 3 nitrogen and oxygen atoms in total. The van der Waals surface area contributed by atoms with Gasteiger partial charge in [-0.3, -0.25) is 0 Å². The number of hydrogen-bond donors (Lipinski definition) is 1. The van der Waals surface area contributed by atoms with Gasteiger partial charge in [-0.2, -0.15) is 0 Å². The van der Waals surface area contributed by atoms with Crippen molar-refractivity contribution in [1.29, 1.82) is 0 Å². The van der Waals surface area contributed by atoms with E-state index in [1.54, 1.807) is 0 Å². The van der Waals surface area contributed by atoms with Gasteiger partial charge in [0.2, 0.25) is 0 Å². The largest absolute Gasteiger partial charge is 0.446 e. The standard InChI is InChI=1S/C5H10FNO2/c1-5(2,6)3-9-4(7)8/h3H2,1-2H3,(H2,7,8). The number of carbonyl (C=O) groups is 1. The first-order valence-corrected chi connectivity index (χ1v) is 2.53. The molecular weight excluding hydrogens is 125 g/mol. The molecule has 0 fully saturated rings. The predicted molar refractivity (Wildman–Crippen MR) is 30.7 cm³/mol. The molecular formula is C5H10FNO2. The van der Waals surface area contributed by atoms with Crippen molar-refractivity contribution >= 4 is 6.09 Å². The Morgan fingerprint density at radius 1 is 1.78 bits per heavy atom. The van der Waals surface area contributed by atoms with Gasteiger partial charge in [-0.05, 0) is 13.8 Å². The third kappa shape index (κ3) is 7.20. The first-order chi connectivity index (χ1) is 3.92. The molecule has 0 rings (SSSR count). The summed E-state index contributed by atoms with van der Waals surface area (Å²) in [7, 11) is 0. The molecule has 2 N–H and O–H groups in total. The Bertz CT molecular complexity index is 108. The molecule has 0 saturated carbocycles. The number of amides is 1. The summed E-state index contributed by atoms with van der Waals surface area (Å²) in [4.78, 5) is 9.88. The van der Waals surface area contributed by atoms with Gasteiger partial charge in [0, 0.05) is 0 Å². The maximum atomic E-state index is 12.4. The van der Waals surface area contributed by atoms with E-state index < -0.39 is 11.8 Å². The fourth-order valence-corrected chi connectivity index (χ4v) is 0.243. The predicted octanol–water partition coefficient (Wildman–Crippen LogP) is 0.830. The highest BCUT2D eigenvalue weighted by molar-refractivity contribution is 5.64. The quantitative estimate of drug-likeness (QED) is 0.609. The van der Waals surface area contributed by atoms with E-state index in [4.69, 9.17) is 0 Å². The molecule has 0 heterocycles. The van der Waals surface area contributed by atoms with Crippen LogP contribution in [0.15, 0.2) is 0 Å². The van der Waals surface area contributed by atoms with E-state index in [1.807, 2.05) is 0 Å². The van der Waals surface area contributed by atoms with Crippen molar-refractivity contribution in [2.45, 2.75) is 19.5 Å². The number of hydrogen-bond acceptors (Lipinski definition) is 2. The summed E-state index contributed by atoms with van der Waals surface area (Å²) >= 11 is 0. The smallest absolute Gasteiger partial charge is 0.404 e. The van der Waals surface area contributed by atoms with Crippen LogP contribution >= 0.6 is 0 Å². The van der Waals surface area contributed by atoms with Crippen LogP contribution in [0, 0.1) is 0 Å². The molecule has 0 spiro atoms. The Hall–Kier alpha value is -0.800. The first kappa shape index (κ1) is 8.20. The van der Waals surface area contributed by atoms with E-state index in [0.717, 1.165) is 0 Å². The third-order valence-electron chi connectivity index (χ3n) is 0.558. The SMILES string of the molecule is CC(C)(F)COC(N)=O. The summed E-state index contributed by atoms with van der Waals surface area (Å²) in [5.41, 5.74) is 3.08. The molecule has 1 amide bonds. The molecule has 0 aromatic heterocycles. The molecule has 0 bridgehead atoms. The van der Waals surface area contributed by atoms with E-state index in [1.165, 1.54) is 13.8 Å². The molecule has 4 heteroatoms. The van der Waals surface area contributed by atoms with Crippen molar-refractivity contribution in [3.05, 3.63) is 0 Å². The minimum absolute atomic E-state index is 0.289. The van der Waals surface area contributed by atoms with Gasteiger partial charge >= 0.3 is 6.09 Å². The Balaban J connectivity index is 3.39. The lowest BCUT2D eigenvalue weighted by Gasteiger charge is -2.11. The molecule has 54 valence electrons. The highest BCUT2D eigenvalue weighted by atomic mass is 19.1. The Labute approximate surface area is 53.0 Å². The lowest BCUT2D eigenvalue weighted by atomic mass is 10.2. The van der Waals surface area contributed by atoms with Crippen LogP contribution in [-0.4, -0.2) is 18.4 Å². The molecule has 0 aromatic carbocycles. The Morgan fingerprint density at radius 2 is 2.22 bits per heavy atom. The van der Waals surface area contributed by atoms with Crippen molar-refractivity contribution in [3.8, 4) is 0 Å². The summed E-state index contributed by atoms with van der Waals surface area (Å²) in [6.07, 6.45) is -0.944. The lowest BCUT2D eigenvalue weighted by Crippen LogP contribution is -2.25. The van der Waals surface area contributed by atoms with Gasteiger partial charge in [0.1, 0.15) is 12.3 Å². The molecule has 0 saturated heterocycles. The summed E-state index contributed by atoms with van der Waals surface area (Å²) in [5, 5.41) is 0. The van der Waals surface area contributed by atoms with Gasteiger partial charge in [0.05, 0.1) is 0 Å². The van der Waals surface area contributed by atoms with Crippen molar-refractivity contribution in [2.75, 3.05) is 6.61 Å². The third-order valence-corrected chi connectivity index (χ3v) is 0.558. The second-order valence-electron chi connectivity index (χ2n) is 2.33. The van der Waals surface area contributed by atoms with E-state index >= 15 is 0 Å². The van der Waals surface area contributed by atoms with Crippen LogP contribution in [0.1, 0.15) is 13.8 Å². The fourth-order valence-electron chi connectivity index (χ4n) is 0.243. The second-order valence-corrected chi connectivity index (χ2v) is 2.33. The lowest BCUT2D eigenvalue weighted by molar-refractivity contribution is 0.0772. The van der Waals surface area contributed by atoms with Crippen LogP contribution in [0.5, 0.6) is 0 Å². The summed E-state index contributed by atoms with van der Waals surface area (Å²) in [5.74, 6) is 0. The fraction of sp³-hybridized carbons (Fsp3) is 0.800. The Morgan fingerprint density at radius 3 is 2.33 bits per heavy atom. The molecule has 0 aliphatic rings. The maximum absolute atomic E-state index is 12.4. The Kier molecular flexibility index (Phi) is 2.42. The topological polar surface area (TPSA) is 52.3 Å². The molecule has 9 heavy (non-hydrogen) atoms. The zero-order valence-corrected chi connectivity index (χ0v) is 5.48. The maximum Gasteiger partial charge on any atom is 0.404 e. The number of rotatable bonds is 2. The van der Waals surface area contributed by atoms with E-state index in [0.29, 0.717) is 0 Å². The average molecular weight is 135 g/mol. The number of halogens is 1. The summed E-state index contributed by atoms with van der Waals surface area (Å²) in [6.45, 7) is 2.31. The number of alkyl halides is 1. The molecule has 0 radical (unpaired) electrons. The average Bonchev–Trinajstić information content (AvgIpc) is 1.59. The van der Waals surface area contributed by atoms with Crippen molar-refractivity contribution < 1.29 is 13.9 Å². The summed E-state index contributed by atoms with van der Waals surface area (Å²) < 4.78 is 16.6. The first-order valence-electron chi connectivity index (χ1n) is 2.53. The van der Waals surface area contributed by atoms with Crippen LogP contribution < -0.4 is 5.73 Å². The number of ether oxygens (including phenoxy) is 1. The molecule has 0 aromatic rings. The zero-order valence-electron chi connectivity index (χ0n) is 5.48. The molecule has 0 aliphatic carbocycles. The van der Waals surface area contributed by atoms with Crippen LogP contribution in [-0.2, 0) is 4.74 Å². The van der Waals surface area contributed by atoms with E-state index in [2.05, 4.69) is 10.5 Å². The van der Waals surface area contributed by atoms with Gasteiger partial charge in [-0.1, -0.05) is 0 Å². The van der Waals surface area contributed by atoms with Crippen LogP contribution in [0.3, 0.4) is 0 Å². The minimum Gasteiger partial charge on any atom is -0.446 e. The van der Waals surface area contributed by atoms with Crippen LogP contribution in [0.2, 0.25) is 0 Å². The summed E-state index contributed by atoms with van der Waals surface area (Å²) in [6, 6.07) is 0. The van der Waals surface area contributed by atoms with Gasteiger partial charge < -0.3 is 10.5 Å². The monoisotopic (exact) mass is 135 g/mol. The van der Waals surface area contributed by atoms with Gasteiger partial charge in [0.25, 0.3) is 0 Å². The number of carbonyl (C=O) groups excluding carboxylic acids is 1. The number of primary amides is 1. The minimum atomic E-state index is -1.49. The van der Waals surface area contributed by atoms with Crippen molar-refractivity contribution in [3.63, 3.8) is 0 Å². The van der Waals surface area contributed by atoms with Crippen LogP contribution in [0.4, 0.5) is 9.18 Å². The van der Waals surface area contributed by atoms with Crippen molar-refractivity contribution in [1.82, 2.24) is 0 Å². The second kappa shape index (κ2) is 2.66. The molecule has 0 unspecified atom stereocenters. The number of nitrogens with two attached hydrogens (primary N) is 1. The van der Waals surface area contributed by atoms with Gasteiger partial charge in [0.15, 0.2) is 0 Å². The van der Waals surface area contributed by atoms with E-state index in [9.17, 15) is 9.18 Å². The zero-order chi connectivity index (χ0) is 7.49. The van der Waals surface area contributed by atoms with Gasteiger partial charge in [-0.25, -0.2) is 9.18 Å². The highest BCUT2D eigenvalue weighted by Gasteiger charge is 2.16. The highest BCUT2D eigenvalue weighted by Crippen LogP contribution is 2.07. The van der Waals surface area contributed by atoms with E-state index in [-0.39, 0.29) is 6.61 Å². The molecule has 0 atom stereocenters. The van der Waals surface area contributed by atoms with Gasteiger partial charge in [-0.15, -0.1) is 0 Å².